The predicted octanol–water partition coefficient (Wildman–Crippen LogP) is 3.82. The first-order valence-electron chi connectivity index (χ1n) is 6.46. The Balaban J connectivity index is 0.00000161. The summed E-state index contributed by atoms with van der Waals surface area (Å²) in [6.45, 7) is 0. The van der Waals surface area contributed by atoms with Gasteiger partial charge in [0.1, 0.15) is 0 Å². The molecule has 0 aromatic heterocycles. The van der Waals surface area contributed by atoms with Crippen molar-refractivity contribution < 1.29 is 35.6 Å². The van der Waals surface area contributed by atoms with Crippen LogP contribution in [0, 0.1) is 41.7 Å². The minimum absolute atomic E-state index is 0. The Labute approximate surface area is 158 Å². The van der Waals surface area contributed by atoms with E-state index < -0.39 is 0 Å². The maximum Gasteiger partial charge on any atom is 0 e. The molecular weight excluding hydrogens is 417 g/mol. The average Bonchev–Trinajstić information content (AvgIpc) is 2.49. The molecule has 0 saturated heterocycles. The summed E-state index contributed by atoms with van der Waals surface area (Å²) in [6, 6.07) is 26.6. The molecule has 0 amide bonds. The summed E-state index contributed by atoms with van der Waals surface area (Å²) in [5, 5.41) is 2.29. The molecule has 101 valence electrons. The fourth-order valence-corrected chi connectivity index (χ4v) is 2.52. The average molecular weight is 432 g/mol. The smallest absolute Gasteiger partial charge is 0 e. The van der Waals surface area contributed by atoms with E-state index in [0.717, 1.165) is 5.30 Å². The van der Waals surface area contributed by atoms with Gasteiger partial charge < -0.3 is 0 Å². The number of benzene rings is 3. The van der Waals surface area contributed by atoms with Crippen molar-refractivity contribution in [2.75, 3.05) is 0 Å². The summed E-state index contributed by atoms with van der Waals surface area (Å²) < 4.78 is 0. The van der Waals surface area contributed by atoms with Gasteiger partial charge in [-0.05, 0) is 16.4 Å². The molecule has 3 aromatic carbocycles. The van der Waals surface area contributed by atoms with E-state index in [9.17, 15) is 0 Å². The SMILES string of the molecule is Pc1[c-]cc(-c2ccc(-c3ccc(P)cc3)cc2)cc1.[La]. The minimum atomic E-state index is 0. The summed E-state index contributed by atoms with van der Waals surface area (Å²) in [6.07, 6.45) is 0. The molecule has 0 bridgehead atoms. The van der Waals surface area contributed by atoms with Crippen LogP contribution in [0.25, 0.3) is 22.3 Å². The molecule has 2 atom stereocenters. The van der Waals surface area contributed by atoms with Crippen molar-refractivity contribution in [2.24, 2.45) is 0 Å². The number of hydrogen-bond donors (Lipinski definition) is 0. The van der Waals surface area contributed by atoms with Crippen molar-refractivity contribution in [1.29, 1.82) is 0 Å². The van der Waals surface area contributed by atoms with Crippen molar-refractivity contribution in [2.45, 2.75) is 0 Å². The zero-order valence-corrected chi connectivity index (χ0v) is 17.5. The molecule has 0 fully saturated rings. The van der Waals surface area contributed by atoms with E-state index in [1.807, 2.05) is 6.07 Å². The van der Waals surface area contributed by atoms with Gasteiger partial charge in [0.2, 0.25) is 0 Å². The van der Waals surface area contributed by atoms with Gasteiger partial charge in [0.25, 0.3) is 0 Å². The van der Waals surface area contributed by atoms with Crippen LogP contribution in [0.5, 0.6) is 0 Å². The van der Waals surface area contributed by atoms with E-state index in [-0.39, 0.29) is 35.6 Å². The van der Waals surface area contributed by atoms with Gasteiger partial charge in [-0.2, -0.15) is 24.3 Å². The van der Waals surface area contributed by atoms with Crippen LogP contribution in [0.15, 0.2) is 66.7 Å². The van der Waals surface area contributed by atoms with Gasteiger partial charge in [-0.1, -0.05) is 54.1 Å². The Bertz CT molecular complexity index is 637. The molecule has 3 aromatic rings. The van der Waals surface area contributed by atoms with Crippen LogP contribution in [0.3, 0.4) is 0 Å². The Hall–Kier alpha value is -0.285. The van der Waals surface area contributed by atoms with Crippen LogP contribution in [0.2, 0.25) is 0 Å². The molecule has 0 aliphatic heterocycles. The molecule has 0 saturated carbocycles. The van der Waals surface area contributed by atoms with E-state index in [0.29, 0.717) is 0 Å². The van der Waals surface area contributed by atoms with Crippen molar-refractivity contribution in [3.05, 3.63) is 72.8 Å². The number of rotatable bonds is 2. The Morgan fingerprint density at radius 1 is 0.571 bits per heavy atom. The molecular formula is C18H15LaP2-. The van der Waals surface area contributed by atoms with E-state index in [2.05, 4.69) is 85.2 Å². The van der Waals surface area contributed by atoms with Crippen molar-refractivity contribution in [3.63, 3.8) is 0 Å². The van der Waals surface area contributed by atoms with Crippen LogP contribution in [0.4, 0.5) is 0 Å². The summed E-state index contributed by atoms with van der Waals surface area (Å²) in [4.78, 5) is 0. The molecule has 1 radical (unpaired) electrons. The maximum atomic E-state index is 3.21. The van der Waals surface area contributed by atoms with Gasteiger partial charge >= 0.3 is 0 Å². The quantitative estimate of drug-likeness (QED) is 0.427. The zero-order valence-electron chi connectivity index (χ0n) is 11.6. The third-order valence-electron chi connectivity index (χ3n) is 3.30. The predicted molar refractivity (Wildman–Crippen MR) is 94.8 cm³/mol. The standard InChI is InChI=1S/C18H15P2.La/c19-17-9-5-15(6-10-17)13-1-2-14(4-3-13)16-7-11-18(20)12-8-16;/h1-11H,19-20H2;/q-1;. The van der Waals surface area contributed by atoms with Crippen LogP contribution < -0.4 is 10.6 Å². The molecule has 0 aliphatic carbocycles. The summed E-state index contributed by atoms with van der Waals surface area (Å²) in [7, 11) is 5.37. The largest absolute Gasteiger partial charge is 0.176 e. The molecule has 21 heavy (non-hydrogen) atoms. The van der Waals surface area contributed by atoms with Gasteiger partial charge in [0.05, 0.1) is 0 Å². The van der Waals surface area contributed by atoms with Gasteiger partial charge in [-0.3, -0.25) is 0 Å². The van der Waals surface area contributed by atoms with Crippen LogP contribution in [-0.2, 0) is 0 Å². The third-order valence-corrected chi connectivity index (χ3v) is 4.04. The Morgan fingerprint density at radius 2 is 1.00 bits per heavy atom. The van der Waals surface area contributed by atoms with Crippen molar-refractivity contribution >= 4 is 29.1 Å². The molecule has 0 spiro atoms. The molecule has 0 N–H and O–H groups in total. The van der Waals surface area contributed by atoms with Crippen LogP contribution in [-0.4, -0.2) is 0 Å². The first-order chi connectivity index (χ1) is 9.72. The summed E-state index contributed by atoms with van der Waals surface area (Å²) >= 11 is 0. The van der Waals surface area contributed by atoms with Gasteiger partial charge in [-0.15, -0.1) is 29.3 Å². The second-order valence-corrected chi connectivity index (χ2v) is 6.02. The van der Waals surface area contributed by atoms with E-state index in [1.165, 1.54) is 27.6 Å². The zero-order chi connectivity index (χ0) is 13.9. The van der Waals surface area contributed by atoms with E-state index in [1.54, 1.807) is 0 Å². The van der Waals surface area contributed by atoms with E-state index >= 15 is 0 Å². The third kappa shape index (κ3) is 4.35. The maximum absolute atomic E-state index is 3.21. The summed E-state index contributed by atoms with van der Waals surface area (Å²) in [5.74, 6) is 0. The summed E-state index contributed by atoms with van der Waals surface area (Å²) in [5.41, 5.74) is 4.90. The molecule has 3 rings (SSSR count). The van der Waals surface area contributed by atoms with Crippen LogP contribution in [0.1, 0.15) is 0 Å². The Morgan fingerprint density at radius 3 is 1.48 bits per heavy atom. The van der Waals surface area contributed by atoms with Crippen molar-refractivity contribution in [3.8, 4) is 22.3 Å². The topological polar surface area (TPSA) is 0 Å². The molecule has 0 nitrogen and oxygen atoms in total. The van der Waals surface area contributed by atoms with Gasteiger partial charge in [0, 0.05) is 35.6 Å². The minimum Gasteiger partial charge on any atom is -0.176 e. The first-order valence-corrected chi connectivity index (χ1v) is 7.61. The molecule has 3 heteroatoms. The van der Waals surface area contributed by atoms with Crippen molar-refractivity contribution in [1.82, 2.24) is 0 Å². The first kappa shape index (κ1) is 17.1. The van der Waals surface area contributed by atoms with Crippen LogP contribution >= 0.6 is 18.5 Å². The fourth-order valence-electron chi connectivity index (χ4n) is 2.15. The normalized spacial score (nSPS) is 10.0. The molecule has 0 aliphatic rings. The fraction of sp³-hybridized carbons (Fsp3) is 0. The monoisotopic (exact) mass is 432 g/mol. The Kier molecular flexibility index (Phi) is 6.36. The number of hydrogen-bond acceptors (Lipinski definition) is 0. The second kappa shape index (κ2) is 7.82. The van der Waals surface area contributed by atoms with E-state index in [4.69, 9.17) is 0 Å². The second-order valence-electron chi connectivity index (χ2n) is 4.73. The molecule has 0 heterocycles. The van der Waals surface area contributed by atoms with Gasteiger partial charge in [0.15, 0.2) is 0 Å². The van der Waals surface area contributed by atoms with Gasteiger partial charge in [-0.25, -0.2) is 0 Å². The molecule has 2 unspecified atom stereocenters.